The zero-order chi connectivity index (χ0) is 15.6. The average molecular weight is 370 g/mol. The van der Waals surface area contributed by atoms with Gasteiger partial charge < -0.3 is 10.4 Å². The maximum absolute atomic E-state index is 12.1. The van der Waals surface area contributed by atoms with Gasteiger partial charge in [-0.25, -0.2) is 9.78 Å². The van der Waals surface area contributed by atoms with Crippen LogP contribution in [-0.4, -0.2) is 22.0 Å². The largest absolute Gasteiger partial charge is 0.478 e. The zero-order valence-electron chi connectivity index (χ0n) is 10.9. The van der Waals surface area contributed by atoms with Gasteiger partial charge in [0.25, 0.3) is 5.91 Å². The van der Waals surface area contributed by atoms with E-state index in [0.717, 1.165) is 0 Å². The van der Waals surface area contributed by atoms with Crippen LogP contribution in [0.1, 0.15) is 26.4 Å². The molecule has 0 atom stereocenters. The van der Waals surface area contributed by atoms with Gasteiger partial charge in [0.1, 0.15) is 5.69 Å². The molecule has 1 heterocycles. The molecule has 2 aromatic rings. The number of aromatic carboxylic acids is 1. The standard InChI is InChI=1S/C14H10BrClN2O3/c1-7-10(14(20)21)4-8(15)5-12(7)18-13(19)11-3-2-9(16)6-17-11/h2-6H,1H3,(H,18,19)(H,20,21). The van der Waals surface area contributed by atoms with Gasteiger partial charge in [0, 0.05) is 16.4 Å². The molecule has 0 aliphatic carbocycles. The molecule has 1 aromatic heterocycles. The highest BCUT2D eigenvalue weighted by Crippen LogP contribution is 2.25. The van der Waals surface area contributed by atoms with Crippen LogP contribution in [0.2, 0.25) is 5.02 Å². The van der Waals surface area contributed by atoms with Crippen LogP contribution in [-0.2, 0) is 0 Å². The summed E-state index contributed by atoms with van der Waals surface area (Å²) in [5.41, 5.74) is 1.18. The fourth-order valence-electron chi connectivity index (χ4n) is 1.73. The third kappa shape index (κ3) is 3.59. The second-order valence-corrected chi connectivity index (χ2v) is 5.60. The summed E-state index contributed by atoms with van der Waals surface area (Å²) in [5, 5.41) is 12.2. The summed E-state index contributed by atoms with van der Waals surface area (Å²) in [4.78, 5) is 27.2. The summed E-state index contributed by atoms with van der Waals surface area (Å²) in [7, 11) is 0. The highest BCUT2D eigenvalue weighted by atomic mass is 79.9. The van der Waals surface area contributed by atoms with E-state index in [-0.39, 0.29) is 11.3 Å². The predicted molar refractivity (Wildman–Crippen MR) is 83.0 cm³/mol. The molecule has 108 valence electrons. The predicted octanol–water partition coefficient (Wildman–Crippen LogP) is 3.76. The van der Waals surface area contributed by atoms with Gasteiger partial charge in [0.2, 0.25) is 0 Å². The number of carbonyl (C=O) groups is 2. The van der Waals surface area contributed by atoms with Crippen molar-refractivity contribution in [2.24, 2.45) is 0 Å². The number of anilines is 1. The van der Waals surface area contributed by atoms with E-state index in [1.165, 1.54) is 18.3 Å². The smallest absolute Gasteiger partial charge is 0.336 e. The molecule has 0 aliphatic heterocycles. The third-order valence-electron chi connectivity index (χ3n) is 2.81. The van der Waals surface area contributed by atoms with Crippen molar-refractivity contribution < 1.29 is 14.7 Å². The number of pyridine rings is 1. The Morgan fingerprint density at radius 2 is 2.05 bits per heavy atom. The molecule has 5 nitrogen and oxygen atoms in total. The van der Waals surface area contributed by atoms with Crippen LogP contribution >= 0.6 is 27.5 Å². The number of halogens is 2. The first-order valence-electron chi connectivity index (χ1n) is 5.85. The van der Waals surface area contributed by atoms with E-state index in [4.69, 9.17) is 16.7 Å². The summed E-state index contributed by atoms with van der Waals surface area (Å²) in [5.74, 6) is -1.50. The van der Waals surface area contributed by atoms with Crippen molar-refractivity contribution in [2.75, 3.05) is 5.32 Å². The number of carboxylic acids is 1. The normalized spacial score (nSPS) is 10.2. The number of nitrogens with one attached hydrogen (secondary N) is 1. The molecule has 0 aliphatic rings. The Labute approximate surface area is 134 Å². The summed E-state index contributed by atoms with van der Waals surface area (Å²) in [6.45, 7) is 1.63. The number of aromatic nitrogens is 1. The number of carboxylic acid groups (broad SMARTS) is 1. The number of hydrogen-bond donors (Lipinski definition) is 2. The Bertz CT molecular complexity index is 717. The van der Waals surface area contributed by atoms with Crippen molar-refractivity contribution in [3.05, 3.63) is 56.8 Å². The molecular weight excluding hydrogens is 360 g/mol. The lowest BCUT2D eigenvalue weighted by Crippen LogP contribution is -2.15. The topological polar surface area (TPSA) is 79.3 Å². The van der Waals surface area contributed by atoms with Crippen LogP contribution in [0.15, 0.2) is 34.9 Å². The van der Waals surface area contributed by atoms with Crippen LogP contribution in [0.4, 0.5) is 5.69 Å². The Morgan fingerprint density at radius 1 is 1.33 bits per heavy atom. The van der Waals surface area contributed by atoms with E-state index in [1.54, 1.807) is 19.1 Å². The summed E-state index contributed by atoms with van der Waals surface area (Å²) >= 11 is 8.94. The van der Waals surface area contributed by atoms with Gasteiger partial charge in [-0.2, -0.15) is 0 Å². The van der Waals surface area contributed by atoms with Gasteiger partial charge in [-0.05, 0) is 36.8 Å². The minimum atomic E-state index is -1.06. The number of benzene rings is 1. The maximum atomic E-state index is 12.1. The average Bonchev–Trinajstić information content (AvgIpc) is 2.42. The summed E-state index contributed by atoms with van der Waals surface area (Å²) in [6, 6.07) is 6.16. The second kappa shape index (κ2) is 6.24. The molecular formula is C14H10BrClN2O3. The molecule has 2 rings (SSSR count). The molecule has 0 spiro atoms. The van der Waals surface area contributed by atoms with Gasteiger partial charge in [0.15, 0.2) is 0 Å². The van der Waals surface area contributed by atoms with Gasteiger partial charge >= 0.3 is 5.97 Å². The molecule has 21 heavy (non-hydrogen) atoms. The monoisotopic (exact) mass is 368 g/mol. The Morgan fingerprint density at radius 3 is 2.62 bits per heavy atom. The lowest BCUT2D eigenvalue weighted by atomic mass is 10.1. The minimum absolute atomic E-state index is 0.115. The molecule has 0 fully saturated rings. The van der Waals surface area contributed by atoms with Gasteiger partial charge in [-0.15, -0.1) is 0 Å². The highest BCUT2D eigenvalue weighted by Gasteiger charge is 2.15. The molecule has 2 N–H and O–H groups in total. The van der Waals surface area contributed by atoms with E-state index in [1.807, 2.05) is 0 Å². The van der Waals surface area contributed by atoms with Crippen molar-refractivity contribution in [1.29, 1.82) is 0 Å². The van der Waals surface area contributed by atoms with Crippen LogP contribution in [0.5, 0.6) is 0 Å². The van der Waals surface area contributed by atoms with Crippen molar-refractivity contribution >= 4 is 45.1 Å². The number of nitrogens with zero attached hydrogens (tertiary/aromatic N) is 1. The van der Waals surface area contributed by atoms with Crippen molar-refractivity contribution in [3.8, 4) is 0 Å². The van der Waals surface area contributed by atoms with Gasteiger partial charge in [0.05, 0.1) is 10.6 Å². The van der Waals surface area contributed by atoms with Crippen LogP contribution in [0.25, 0.3) is 0 Å². The SMILES string of the molecule is Cc1c(NC(=O)c2ccc(Cl)cn2)cc(Br)cc1C(=O)O. The van der Waals surface area contributed by atoms with Crippen LogP contribution in [0, 0.1) is 6.92 Å². The van der Waals surface area contributed by atoms with Gasteiger partial charge in [-0.3, -0.25) is 4.79 Å². The van der Waals surface area contributed by atoms with E-state index in [0.29, 0.717) is 20.7 Å². The molecule has 0 saturated heterocycles. The Hall–Kier alpha value is -1.92. The van der Waals surface area contributed by atoms with E-state index in [2.05, 4.69) is 26.2 Å². The van der Waals surface area contributed by atoms with Crippen molar-refractivity contribution in [2.45, 2.75) is 6.92 Å². The van der Waals surface area contributed by atoms with E-state index in [9.17, 15) is 9.59 Å². The van der Waals surface area contributed by atoms with Crippen molar-refractivity contribution in [3.63, 3.8) is 0 Å². The summed E-state index contributed by atoms with van der Waals surface area (Å²) in [6.07, 6.45) is 1.37. The lowest BCUT2D eigenvalue weighted by Gasteiger charge is -2.11. The fraction of sp³-hybridized carbons (Fsp3) is 0.0714. The van der Waals surface area contributed by atoms with Crippen LogP contribution < -0.4 is 5.32 Å². The first-order chi connectivity index (χ1) is 9.88. The Balaban J connectivity index is 2.33. The minimum Gasteiger partial charge on any atom is -0.478 e. The highest BCUT2D eigenvalue weighted by molar-refractivity contribution is 9.10. The third-order valence-corrected chi connectivity index (χ3v) is 3.49. The molecule has 0 unspecified atom stereocenters. The fourth-order valence-corrected chi connectivity index (χ4v) is 2.30. The second-order valence-electron chi connectivity index (χ2n) is 4.25. The van der Waals surface area contributed by atoms with Crippen molar-refractivity contribution in [1.82, 2.24) is 4.98 Å². The molecule has 0 saturated carbocycles. The Kier molecular flexibility index (Phi) is 4.59. The number of carbonyl (C=O) groups excluding carboxylic acids is 1. The molecule has 1 aromatic carbocycles. The number of hydrogen-bond acceptors (Lipinski definition) is 3. The molecule has 7 heteroatoms. The molecule has 0 bridgehead atoms. The van der Waals surface area contributed by atoms with Crippen LogP contribution in [0.3, 0.4) is 0 Å². The van der Waals surface area contributed by atoms with Gasteiger partial charge in [-0.1, -0.05) is 27.5 Å². The first kappa shape index (κ1) is 15.5. The first-order valence-corrected chi connectivity index (χ1v) is 7.02. The maximum Gasteiger partial charge on any atom is 0.336 e. The van der Waals surface area contributed by atoms with E-state index < -0.39 is 11.9 Å². The number of amides is 1. The quantitative estimate of drug-likeness (QED) is 0.863. The lowest BCUT2D eigenvalue weighted by molar-refractivity contribution is 0.0695. The molecule has 0 radical (unpaired) electrons. The molecule has 1 amide bonds. The zero-order valence-corrected chi connectivity index (χ0v) is 13.2. The summed E-state index contributed by atoms with van der Waals surface area (Å²) < 4.78 is 0.560. The number of rotatable bonds is 3. The van der Waals surface area contributed by atoms with E-state index >= 15 is 0 Å².